The van der Waals surface area contributed by atoms with Crippen molar-refractivity contribution in [3.05, 3.63) is 18.2 Å². The summed E-state index contributed by atoms with van der Waals surface area (Å²) < 4.78 is 5.08. The third-order valence-corrected chi connectivity index (χ3v) is 2.18. The molecule has 0 aliphatic carbocycles. The zero-order valence-electron chi connectivity index (χ0n) is 8.21. The highest BCUT2D eigenvalue weighted by Crippen LogP contribution is 2.34. The van der Waals surface area contributed by atoms with Gasteiger partial charge in [0, 0.05) is 6.07 Å². The van der Waals surface area contributed by atoms with E-state index in [1.807, 2.05) is 0 Å². The van der Waals surface area contributed by atoms with Gasteiger partial charge in [0.1, 0.15) is 18.0 Å². The molecule has 0 fully saturated rings. The normalized spacial score (nSPS) is 14.2. The van der Waals surface area contributed by atoms with E-state index in [1.165, 1.54) is 18.2 Å². The van der Waals surface area contributed by atoms with E-state index < -0.39 is 18.4 Å². The summed E-state index contributed by atoms with van der Waals surface area (Å²) in [4.78, 5) is 23.2. The van der Waals surface area contributed by atoms with Gasteiger partial charge in [0.05, 0.1) is 5.69 Å². The molecule has 1 aromatic rings. The number of carboxylic acid groups (broad SMARTS) is 1. The van der Waals surface area contributed by atoms with Gasteiger partial charge in [-0.05, 0) is 12.1 Å². The number of aromatic hydroxyl groups is 1. The van der Waals surface area contributed by atoms with Crippen LogP contribution >= 0.6 is 0 Å². The molecule has 1 aromatic carbocycles. The molecule has 0 bridgehead atoms. The van der Waals surface area contributed by atoms with Gasteiger partial charge in [0.25, 0.3) is 5.91 Å². The average molecular weight is 223 g/mol. The summed E-state index contributed by atoms with van der Waals surface area (Å²) in [6, 6.07) is 4.16. The van der Waals surface area contributed by atoms with Crippen molar-refractivity contribution in [1.29, 1.82) is 0 Å². The van der Waals surface area contributed by atoms with Crippen molar-refractivity contribution in [2.45, 2.75) is 0 Å². The zero-order valence-corrected chi connectivity index (χ0v) is 8.21. The van der Waals surface area contributed by atoms with Crippen LogP contribution in [0.5, 0.6) is 11.5 Å². The molecule has 0 spiro atoms. The van der Waals surface area contributed by atoms with Crippen LogP contribution in [0.2, 0.25) is 0 Å². The number of carbonyl (C=O) groups is 2. The lowest BCUT2D eigenvalue weighted by Crippen LogP contribution is -2.41. The molecule has 2 rings (SSSR count). The standard InChI is InChI=1S/C10H9NO5/c12-6-1-2-7-8(3-6)16-5-9(13)11(7)4-10(14)15/h1-3,12H,4-5H2,(H,14,15). The molecule has 0 saturated carbocycles. The number of aliphatic carboxylic acids is 1. The Labute approximate surface area is 90.7 Å². The number of rotatable bonds is 2. The van der Waals surface area contributed by atoms with Gasteiger partial charge in [0.15, 0.2) is 6.61 Å². The summed E-state index contributed by atoms with van der Waals surface area (Å²) in [5.41, 5.74) is 0.358. The van der Waals surface area contributed by atoms with Crippen molar-refractivity contribution in [3.8, 4) is 11.5 Å². The number of carboxylic acids is 1. The number of benzene rings is 1. The second-order valence-electron chi connectivity index (χ2n) is 3.31. The first-order valence-corrected chi connectivity index (χ1v) is 4.56. The summed E-state index contributed by atoms with van der Waals surface area (Å²) in [6.45, 7) is -0.635. The molecule has 0 saturated heterocycles. The molecule has 0 unspecified atom stereocenters. The lowest BCUT2D eigenvalue weighted by atomic mass is 10.2. The monoisotopic (exact) mass is 223 g/mol. The van der Waals surface area contributed by atoms with Gasteiger partial charge in [-0.15, -0.1) is 0 Å². The maximum atomic E-state index is 11.5. The second kappa shape index (κ2) is 3.73. The Hall–Kier alpha value is -2.24. The molecule has 1 aliphatic rings. The van der Waals surface area contributed by atoms with Gasteiger partial charge in [-0.1, -0.05) is 0 Å². The van der Waals surface area contributed by atoms with Crippen LogP contribution in [-0.2, 0) is 9.59 Å². The van der Waals surface area contributed by atoms with Crippen LogP contribution in [0.1, 0.15) is 0 Å². The minimum absolute atomic E-state index is 0.00312. The van der Waals surface area contributed by atoms with Crippen molar-refractivity contribution >= 4 is 17.6 Å². The largest absolute Gasteiger partial charge is 0.508 e. The number of hydrogen-bond donors (Lipinski definition) is 2. The molecule has 6 heteroatoms. The van der Waals surface area contributed by atoms with Gasteiger partial charge in [0.2, 0.25) is 0 Å². The molecule has 2 N–H and O–H groups in total. The molecule has 0 aromatic heterocycles. The Morgan fingerprint density at radius 3 is 2.94 bits per heavy atom. The highest BCUT2D eigenvalue weighted by Gasteiger charge is 2.27. The molecule has 0 atom stereocenters. The highest BCUT2D eigenvalue weighted by atomic mass is 16.5. The topological polar surface area (TPSA) is 87.1 Å². The fraction of sp³-hybridized carbons (Fsp3) is 0.200. The number of hydrogen-bond acceptors (Lipinski definition) is 4. The number of phenolic OH excluding ortho intramolecular Hbond substituents is 1. The number of phenols is 1. The maximum absolute atomic E-state index is 11.5. The van der Waals surface area contributed by atoms with Gasteiger partial charge < -0.3 is 14.9 Å². The summed E-state index contributed by atoms with van der Waals surface area (Å²) in [5, 5.41) is 17.9. The highest BCUT2D eigenvalue weighted by molar-refractivity contribution is 6.01. The van der Waals surface area contributed by atoms with Crippen LogP contribution in [0.3, 0.4) is 0 Å². The number of nitrogens with zero attached hydrogens (tertiary/aromatic N) is 1. The van der Waals surface area contributed by atoms with Crippen molar-refractivity contribution in [2.24, 2.45) is 0 Å². The molecule has 16 heavy (non-hydrogen) atoms. The Morgan fingerprint density at radius 2 is 2.25 bits per heavy atom. The lowest BCUT2D eigenvalue weighted by molar-refractivity contribution is -0.137. The summed E-state index contributed by atoms with van der Waals surface area (Å²) >= 11 is 0. The number of ether oxygens (including phenoxy) is 1. The predicted molar refractivity (Wildman–Crippen MR) is 53.6 cm³/mol. The van der Waals surface area contributed by atoms with Crippen LogP contribution in [0.15, 0.2) is 18.2 Å². The number of carbonyl (C=O) groups excluding carboxylic acids is 1. The van der Waals surface area contributed by atoms with Crippen molar-refractivity contribution in [3.63, 3.8) is 0 Å². The average Bonchev–Trinajstić information content (AvgIpc) is 2.22. The van der Waals surface area contributed by atoms with Crippen LogP contribution in [0.25, 0.3) is 0 Å². The van der Waals surface area contributed by atoms with E-state index in [1.54, 1.807) is 0 Å². The Balaban J connectivity index is 2.40. The predicted octanol–water partition coefficient (Wildman–Crippen LogP) is 0.202. The van der Waals surface area contributed by atoms with E-state index in [0.717, 1.165) is 4.90 Å². The van der Waals surface area contributed by atoms with E-state index in [4.69, 9.17) is 9.84 Å². The van der Waals surface area contributed by atoms with Gasteiger partial charge in [-0.3, -0.25) is 14.5 Å². The Morgan fingerprint density at radius 1 is 1.50 bits per heavy atom. The minimum Gasteiger partial charge on any atom is -0.508 e. The summed E-state index contributed by atoms with van der Waals surface area (Å²) in [5.74, 6) is -1.21. The molecule has 84 valence electrons. The van der Waals surface area contributed by atoms with E-state index in [-0.39, 0.29) is 12.4 Å². The molecule has 0 radical (unpaired) electrons. The lowest BCUT2D eigenvalue weighted by Gasteiger charge is -2.27. The van der Waals surface area contributed by atoms with E-state index >= 15 is 0 Å². The van der Waals surface area contributed by atoms with Crippen molar-refractivity contribution in [1.82, 2.24) is 0 Å². The number of fused-ring (bicyclic) bond motifs is 1. The van der Waals surface area contributed by atoms with Crippen LogP contribution < -0.4 is 9.64 Å². The number of anilines is 1. The maximum Gasteiger partial charge on any atom is 0.323 e. The molecule has 1 heterocycles. The van der Waals surface area contributed by atoms with Crippen LogP contribution in [0.4, 0.5) is 5.69 Å². The van der Waals surface area contributed by atoms with Gasteiger partial charge in [-0.25, -0.2) is 0 Å². The van der Waals surface area contributed by atoms with Crippen molar-refractivity contribution < 1.29 is 24.5 Å². The fourth-order valence-electron chi connectivity index (χ4n) is 1.50. The molecule has 1 aliphatic heterocycles. The first kappa shape index (κ1) is 10.3. The van der Waals surface area contributed by atoms with E-state index in [9.17, 15) is 14.7 Å². The SMILES string of the molecule is O=C(O)CN1C(=O)COc2cc(O)ccc21. The fourth-order valence-corrected chi connectivity index (χ4v) is 1.50. The first-order chi connectivity index (χ1) is 7.58. The molecule has 1 amide bonds. The third-order valence-electron chi connectivity index (χ3n) is 2.18. The van der Waals surface area contributed by atoms with E-state index in [0.29, 0.717) is 11.4 Å². The van der Waals surface area contributed by atoms with Crippen LogP contribution in [-0.4, -0.2) is 35.2 Å². The Kier molecular flexibility index (Phi) is 2.40. The van der Waals surface area contributed by atoms with Gasteiger partial charge >= 0.3 is 5.97 Å². The van der Waals surface area contributed by atoms with Crippen molar-refractivity contribution in [2.75, 3.05) is 18.1 Å². The first-order valence-electron chi connectivity index (χ1n) is 4.56. The molecule has 6 nitrogen and oxygen atoms in total. The quantitative estimate of drug-likeness (QED) is 0.747. The van der Waals surface area contributed by atoms with Crippen LogP contribution in [0, 0.1) is 0 Å². The smallest absolute Gasteiger partial charge is 0.323 e. The molecular weight excluding hydrogens is 214 g/mol. The summed E-state index contributed by atoms with van der Waals surface area (Å²) in [7, 11) is 0. The minimum atomic E-state index is -1.10. The second-order valence-corrected chi connectivity index (χ2v) is 3.31. The third kappa shape index (κ3) is 1.77. The zero-order chi connectivity index (χ0) is 11.7. The Bertz CT molecular complexity index is 457. The molecular formula is C10H9NO5. The summed E-state index contributed by atoms with van der Waals surface area (Å²) in [6.07, 6.45) is 0. The number of amides is 1. The van der Waals surface area contributed by atoms with Gasteiger partial charge in [-0.2, -0.15) is 0 Å². The van der Waals surface area contributed by atoms with E-state index in [2.05, 4.69) is 0 Å².